The van der Waals surface area contributed by atoms with Crippen LogP contribution in [0.5, 0.6) is 0 Å². The second-order valence-corrected chi connectivity index (χ2v) is 3.30. The number of nitrogens with one attached hydrogen (secondary N) is 2. The predicted molar refractivity (Wildman–Crippen MR) is 63.4 cm³/mol. The van der Waals surface area contributed by atoms with Crippen LogP contribution in [0.15, 0.2) is 18.2 Å². The number of hydrogen-bond acceptors (Lipinski definition) is 4. The molecular weight excluding hydrogens is 190 g/mol. The number of aromatic nitrogens is 1. The van der Waals surface area contributed by atoms with Gasteiger partial charge < -0.3 is 15.4 Å². The fourth-order valence-electron chi connectivity index (χ4n) is 1.26. The van der Waals surface area contributed by atoms with E-state index in [1.807, 2.05) is 39.1 Å². The molecule has 2 N–H and O–H groups in total. The molecule has 1 aromatic heterocycles. The first kappa shape index (κ1) is 11.8. The van der Waals surface area contributed by atoms with Crippen LogP contribution in [0.25, 0.3) is 0 Å². The molecule has 15 heavy (non-hydrogen) atoms. The third-order valence-corrected chi connectivity index (χ3v) is 2.03. The lowest BCUT2D eigenvalue weighted by Gasteiger charge is -2.13. The van der Waals surface area contributed by atoms with Crippen molar-refractivity contribution in [3.05, 3.63) is 18.2 Å². The third kappa shape index (κ3) is 4.16. The van der Waals surface area contributed by atoms with E-state index in [0.717, 1.165) is 24.8 Å². The van der Waals surface area contributed by atoms with Gasteiger partial charge in [-0.2, -0.15) is 0 Å². The van der Waals surface area contributed by atoms with Crippen molar-refractivity contribution in [1.82, 2.24) is 4.98 Å². The summed E-state index contributed by atoms with van der Waals surface area (Å²) < 4.78 is 5.41. The monoisotopic (exact) mass is 209 g/mol. The molecule has 0 aliphatic rings. The van der Waals surface area contributed by atoms with E-state index in [1.165, 1.54) is 0 Å². The van der Waals surface area contributed by atoms with E-state index in [-0.39, 0.29) is 6.10 Å². The molecule has 0 spiro atoms. The van der Waals surface area contributed by atoms with E-state index in [2.05, 4.69) is 15.6 Å². The van der Waals surface area contributed by atoms with Crippen molar-refractivity contribution >= 4 is 11.6 Å². The van der Waals surface area contributed by atoms with Crippen LogP contribution < -0.4 is 10.6 Å². The largest absolute Gasteiger partial charge is 0.377 e. The maximum absolute atomic E-state index is 5.41. The molecule has 1 unspecified atom stereocenters. The Morgan fingerprint density at radius 1 is 1.40 bits per heavy atom. The fourth-order valence-corrected chi connectivity index (χ4v) is 1.26. The smallest absolute Gasteiger partial charge is 0.128 e. The Hall–Kier alpha value is -1.29. The quantitative estimate of drug-likeness (QED) is 0.752. The van der Waals surface area contributed by atoms with Crippen LogP contribution in [-0.4, -0.2) is 31.3 Å². The van der Waals surface area contributed by atoms with E-state index in [9.17, 15) is 0 Å². The molecule has 4 nitrogen and oxygen atoms in total. The maximum Gasteiger partial charge on any atom is 0.128 e. The van der Waals surface area contributed by atoms with Gasteiger partial charge in [0.05, 0.1) is 6.10 Å². The number of pyridine rings is 1. The van der Waals surface area contributed by atoms with Gasteiger partial charge >= 0.3 is 0 Å². The van der Waals surface area contributed by atoms with Gasteiger partial charge in [-0.3, -0.25) is 0 Å². The Morgan fingerprint density at radius 2 is 2.13 bits per heavy atom. The molecule has 1 rings (SSSR count). The molecule has 0 saturated carbocycles. The van der Waals surface area contributed by atoms with Crippen molar-refractivity contribution in [2.24, 2.45) is 0 Å². The number of hydrogen-bond donors (Lipinski definition) is 2. The zero-order valence-electron chi connectivity index (χ0n) is 9.58. The van der Waals surface area contributed by atoms with Crippen LogP contribution in [0.4, 0.5) is 11.6 Å². The normalized spacial score (nSPS) is 12.2. The van der Waals surface area contributed by atoms with Crippen LogP contribution in [0.2, 0.25) is 0 Å². The van der Waals surface area contributed by atoms with E-state index < -0.39 is 0 Å². The van der Waals surface area contributed by atoms with Crippen molar-refractivity contribution in [2.75, 3.05) is 30.8 Å². The lowest BCUT2D eigenvalue weighted by Crippen LogP contribution is -2.20. The first-order valence-corrected chi connectivity index (χ1v) is 5.26. The van der Waals surface area contributed by atoms with Gasteiger partial charge in [0.25, 0.3) is 0 Å². The first-order chi connectivity index (χ1) is 7.26. The summed E-state index contributed by atoms with van der Waals surface area (Å²) in [5, 5.41) is 6.23. The summed E-state index contributed by atoms with van der Waals surface area (Å²) in [6, 6.07) is 5.84. The molecule has 0 fully saturated rings. The van der Waals surface area contributed by atoms with Gasteiger partial charge in [-0.15, -0.1) is 0 Å². The van der Waals surface area contributed by atoms with E-state index >= 15 is 0 Å². The number of ether oxygens (including phenoxy) is 1. The highest BCUT2D eigenvalue weighted by Crippen LogP contribution is 2.08. The van der Waals surface area contributed by atoms with Crippen molar-refractivity contribution in [3.63, 3.8) is 0 Å². The molecule has 0 saturated heterocycles. The molecular formula is C11H19N3O. The summed E-state index contributed by atoms with van der Waals surface area (Å²) in [7, 11) is 1.86. The summed E-state index contributed by atoms with van der Waals surface area (Å²) in [5.41, 5.74) is 0. The Bertz CT molecular complexity index is 291. The van der Waals surface area contributed by atoms with Gasteiger partial charge in [0.15, 0.2) is 0 Å². The Balaban J connectivity index is 2.43. The van der Waals surface area contributed by atoms with Crippen molar-refractivity contribution in [3.8, 4) is 0 Å². The molecule has 4 heteroatoms. The molecule has 84 valence electrons. The number of anilines is 2. The van der Waals surface area contributed by atoms with Gasteiger partial charge in [0.1, 0.15) is 11.6 Å². The highest BCUT2D eigenvalue weighted by atomic mass is 16.5. The molecule has 0 amide bonds. The minimum atomic E-state index is 0.204. The summed E-state index contributed by atoms with van der Waals surface area (Å²) in [5.74, 6) is 1.73. The SMILES string of the molecule is CCOC(C)CNc1cccc(NC)n1. The molecule has 0 radical (unpaired) electrons. The lowest BCUT2D eigenvalue weighted by atomic mass is 10.4. The Labute approximate surface area is 91.1 Å². The highest BCUT2D eigenvalue weighted by molar-refractivity contribution is 5.44. The average Bonchev–Trinajstić information content (AvgIpc) is 2.27. The lowest BCUT2D eigenvalue weighted by molar-refractivity contribution is 0.0855. The zero-order valence-corrected chi connectivity index (χ0v) is 9.58. The van der Waals surface area contributed by atoms with E-state index in [4.69, 9.17) is 4.74 Å². The molecule has 1 heterocycles. The summed E-state index contributed by atoms with van der Waals surface area (Å²) in [4.78, 5) is 4.35. The Kier molecular flexibility index (Phi) is 4.90. The van der Waals surface area contributed by atoms with Crippen molar-refractivity contribution in [1.29, 1.82) is 0 Å². The molecule has 0 aromatic carbocycles. The highest BCUT2D eigenvalue weighted by Gasteiger charge is 2.01. The van der Waals surface area contributed by atoms with Crippen LogP contribution in [0.3, 0.4) is 0 Å². The van der Waals surface area contributed by atoms with Gasteiger partial charge in [-0.1, -0.05) is 6.07 Å². The van der Waals surface area contributed by atoms with Gasteiger partial charge in [0, 0.05) is 20.2 Å². The molecule has 1 atom stereocenters. The molecule has 1 aromatic rings. The second kappa shape index (κ2) is 6.24. The summed E-state index contributed by atoms with van der Waals surface area (Å²) in [6.07, 6.45) is 0.204. The van der Waals surface area contributed by atoms with Crippen LogP contribution in [0.1, 0.15) is 13.8 Å². The number of rotatable bonds is 6. The minimum absolute atomic E-state index is 0.204. The standard InChI is InChI=1S/C11H19N3O/c1-4-15-9(2)8-13-11-7-5-6-10(12-3)14-11/h5-7,9H,4,8H2,1-3H3,(H2,12,13,14). The molecule has 0 bridgehead atoms. The minimum Gasteiger partial charge on any atom is -0.377 e. The van der Waals surface area contributed by atoms with Crippen LogP contribution in [-0.2, 0) is 4.74 Å². The second-order valence-electron chi connectivity index (χ2n) is 3.30. The van der Waals surface area contributed by atoms with Gasteiger partial charge in [-0.05, 0) is 26.0 Å². The van der Waals surface area contributed by atoms with Crippen LogP contribution in [0, 0.1) is 0 Å². The van der Waals surface area contributed by atoms with E-state index in [1.54, 1.807) is 0 Å². The third-order valence-electron chi connectivity index (χ3n) is 2.03. The topological polar surface area (TPSA) is 46.2 Å². The Morgan fingerprint density at radius 3 is 2.80 bits per heavy atom. The van der Waals surface area contributed by atoms with Crippen molar-refractivity contribution in [2.45, 2.75) is 20.0 Å². The number of nitrogens with zero attached hydrogens (tertiary/aromatic N) is 1. The van der Waals surface area contributed by atoms with Crippen molar-refractivity contribution < 1.29 is 4.74 Å². The predicted octanol–water partition coefficient (Wildman–Crippen LogP) is 1.96. The average molecular weight is 209 g/mol. The van der Waals surface area contributed by atoms with Crippen LogP contribution >= 0.6 is 0 Å². The van der Waals surface area contributed by atoms with E-state index in [0.29, 0.717) is 0 Å². The van der Waals surface area contributed by atoms with Gasteiger partial charge in [0.2, 0.25) is 0 Å². The maximum atomic E-state index is 5.41. The zero-order chi connectivity index (χ0) is 11.1. The summed E-state index contributed by atoms with van der Waals surface area (Å²) in [6.45, 7) is 5.55. The molecule has 0 aliphatic carbocycles. The fraction of sp³-hybridized carbons (Fsp3) is 0.545. The summed E-state index contributed by atoms with van der Waals surface area (Å²) >= 11 is 0. The van der Waals surface area contributed by atoms with Gasteiger partial charge in [-0.25, -0.2) is 4.98 Å². The molecule has 0 aliphatic heterocycles. The first-order valence-electron chi connectivity index (χ1n) is 5.26.